The Hall–Kier alpha value is -0.490. The molecule has 254 valence electrons. The molecule has 0 rings (SSSR count). The van der Waals surface area contributed by atoms with E-state index in [0.29, 0.717) is 92.3 Å². The van der Waals surface area contributed by atoms with Crippen molar-refractivity contribution in [1.29, 1.82) is 0 Å². The van der Waals surface area contributed by atoms with E-state index in [2.05, 4.69) is 11.1 Å². The zero-order valence-corrected chi connectivity index (χ0v) is 26.6. The molecule has 13 nitrogen and oxygen atoms in total. The predicted molar refractivity (Wildman–Crippen MR) is 157 cm³/mol. The maximum absolute atomic E-state index is 10.3. The Morgan fingerprint density at radius 2 is 0.786 bits per heavy atom. The molecular weight excluding hydrogens is 576 g/mol. The van der Waals surface area contributed by atoms with Gasteiger partial charge in [-0.3, -0.25) is 4.55 Å². The van der Waals surface area contributed by atoms with Gasteiger partial charge in [0.2, 0.25) is 0 Å². The lowest BCUT2D eigenvalue weighted by Crippen LogP contribution is -2.17. The van der Waals surface area contributed by atoms with E-state index in [1.807, 2.05) is 0 Å². The minimum absolute atomic E-state index is 0.0332. The summed E-state index contributed by atoms with van der Waals surface area (Å²) in [5, 5.41) is 9.88. The van der Waals surface area contributed by atoms with Crippen LogP contribution in [0.4, 0.5) is 0 Å². The van der Waals surface area contributed by atoms with Crippen LogP contribution in [0.15, 0.2) is 0 Å². The standard InChI is InChI=1S/C28H58O13S/c1-2-3-4-5-6-7-8-9-10-11-28(29)40-26-24-38-22-20-36-18-16-34-14-12-33-13-15-35-17-19-37-21-23-39-25-27-41-42(30,31)32/h28-29H,2-27H2,1H3,(H,30,31,32). The van der Waals surface area contributed by atoms with Crippen LogP contribution < -0.4 is 0 Å². The van der Waals surface area contributed by atoms with Gasteiger partial charge in [0.1, 0.15) is 0 Å². The molecule has 0 heterocycles. The zero-order chi connectivity index (χ0) is 30.8. The van der Waals surface area contributed by atoms with Crippen molar-refractivity contribution in [3.63, 3.8) is 0 Å². The average molecular weight is 635 g/mol. The van der Waals surface area contributed by atoms with E-state index in [0.717, 1.165) is 12.8 Å². The van der Waals surface area contributed by atoms with Gasteiger partial charge in [0, 0.05) is 0 Å². The van der Waals surface area contributed by atoms with Crippen LogP contribution >= 0.6 is 0 Å². The first kappa shape index (κ1) is 41.5. The smallest absolute Gasteiger partial charge is 0.377 e. The van der Waals surface area contributed by atoms with E-state index >= 15 is 0 Å². The van der Waals surface area contributed by atoms with E-state index < -0.39 is 16.7 Å². The lowest BCUT2D eigenvalue weighted by molar-refractivity contribution is -0.118. The third kappa shape index (κ3) is 37.5. The van der Waals surface area contributed by atoms with E-state index in [-0.39, 0.29) is 19.8 Å². The van der Waals surface area contributed by atoms with E-state index in [9.17, 15) is 13.5 Å². The number of unbranched alkanes of at least 4 members (excludes halogenated alkanes) is 8. The van der Waals surface area contributed by atoms with E-state index in [1.165, 1.54) is 44.9 Å². The Morgan fingerprint density at radius 3 is 1.14 bits per heavy atom. The Kier molecular flexibility index (Phi) is 33.0. The maximum Gasteiger partial charge on any atom is 0.397 e. The molecule has 0 spiro atoms. The van der Waals surface area contributed by atoms with Gasteiger partial charge in [-0.05, 0) is 12.8 Å². The molecule has 14 heteroatoms. The fraction of sp³-hybridized carbons (Fsp3) is 1.00. The minimum Gasteiger partial charge on any atom is -0.377 e. The van der Waals surface area contributed by atoms with E-state index in [1.54, 1.807) is 0 Å². The molecular formula is C28H58O13S. The lowest BCUT2D eigenvalue weighted by atomic mass is 10.1. The highest BCUT2D eigenvalue weighted by atomic mass is 32.3. The van der Waals surface area contributed by atoms with Gasteiger partial charge in [0.05, 0.1) is 106 Å². The third-order valence-corrected chi connectivity index (χ3v) is 6.25. The van der Waals surface area contributed by atoms with Crippen LogP contribution in [-0.2, 0) is 52.5 Å². The molecule has 0 saturated carbocycles. The first-order valence-electron chi connectivity index (χ1n) is 15.4. The van der Waals surface area contributed by atoms with Gasteiger partial charge in [0.15, 0.2) is 6.29 Å². The van der Waals surface area contributed by atoms with Gasteiger partial charge < -0.3 is 43.0 Å². The number of hydrogen-bond donors (Lipinski definition) is 2. The van der Waals surface area contributed by atoms with Crippen LogP contribution in [0.3, 0.4) is 0 Å². The van der Waals surface area contributed by atoms with E-state index in [4.69, 9.17) is 42.4 Å². The van der Waals surface area contributed by atoms with Crippen molar-refractivity contribution in [3.05, 3.63) is 0 Å². The maximum atomic E-state index is 10.3. The van der Waals surface area contributed by atoms with Gasteiger partial charge in [-0.2, -0.15) is 8.42 Å². The molecule has 0 fully saturated rings. The number of hydrogen-bond acceptors (Lipinski definition) is 12. The predicted octanol–water partition coefficient (Wildman–Crippen LogP) is 3.18. The van der Waals surface area contributed by atoms with Crippen molar-refractivity contribution in [2.24, 2.45) is 0 Å². The first-order valence-corrected chi connectivity index (χ1v) is 16.8. The van der Waals surface area contributed by atoms with Crippen LogP contribution in [0.25, 0.3) is 0 Å². The highest BCUT2D eigenvalue weighted by Gasteiger charge is 2.04. The molecule has 1 atom stereocenters. The normalized spacial score (nSPS) is 12.7. The molecule has 0 aromatic heterocycles. The van der Waals surface area contributed by atoms with Gasteiger partial charge in [-0.1, -0.05) is 58.3 Å². The van der Waals surface area contributed by atoms with Crippen molar-refractivity contribution in [3.8, 4) is 0 Å². The Balaban J connectivity index is 3.13. The molecule has 0 amide bonds. The Labute approximate surface area is 253 Å². The monoisotopic (exact) mass is 634 g/mol. The summed E-state index contributed by atoms with van der Waals surface area (Å²) >= 11 is 0. The lowest BCUT2D eigenvalue weighted by Gasteiger charge is -2.12. The molecule has 42 heavy (non-hydrogen) atoms. The van der Waals surface area contributed by atoms with Crippen LogP contribution in [0.2, 0.25) is 0 Å². The number of ether oxygens (including phenoxy) is 8. The molecule has 2 N–H and O–H groups in total. The summed E-state index contributed by atoms with van der Waals surface area (Å²) in [7, 11) is -4.42. The number of aliphatic hydroxyl groups is 1. The number of aliphatic hydroxyl groups excluding tert-OH is 1. The van der Waals surface area contributed by atoms with Crippen molar-refractivity contribution in [2.45, 2.75) is 77.4 Å². The van der Waals surface area contributed by atoms with Crippen LogP contribution in [-0.4, -0.2) is 130 Å². The SMILES string of the molecule is CCCCCCCCCCCC(O)OCCOCCOCCOCCOCCOCCOCCOCCOS(=O)(=O)O. The average Bonchev–Trinajstić information content (AvgIpc) is 2.95. The second-order valence-corrected chi connectivity index (χ2v) is 10.6. The van der Waals surface area contributed by atoms with Crippen LogP contribution in [0, 0.1) is 0 Å². The van der Waals surface area contributed by atoms with Crippen LogP contribution in [0.1, 0.15) is 71.1 Å². The molecule has 0 aromatic carbocycles. The first-order chi connectivity index (χ1) is 20.5. The summed E-state index contributed by atoms with van der Waals surface area (Å²) in [4.78, 5) is 0. The Morgan fingerprint density at radius 1 is 0.476 bits per heavy atom. The van der Waals surface area contributed by atoms with Crippen molar-refractivity contribution < 1.29 is 60.2 Å². The zero-order valence-electron chi connectivity index (χ0n) is 25.8. The topological polar surface area (TPSA) is 158 Å². The molecule has 0 bridgehead atoms. The second-order valence-electron chi connectivity index (χ2n) is 9.48. The molecule has 0 radical (unpaired) electrons. The highest BCUT2D eigenvalue weighted by Crippen LogP contribution is 2.11. The molecule has 0 saturated heterocycles. The van der Waals surface area contributed by atoms with Gasteiger partial charge >= 0.3 is 10.4 Å². The minimum atomic E-state index is -4.42. The van der Waals surface area contributed by atoms with Gasteiger partial charge in [-0.15, -0.1) is 0 Å². The van der Waals surface area contributed by atoms with Crippen molar-refractivity contribution in [1.82, 2.24) is 0 Å². The van der Waals surface area contributed by atoms with Crippen LogP contribution in [0.5, 0.6) is 0 Å². The summed E-state index contributed by atoms with van der Waals surface area (Å²) < 4.78 is 76.0. The summed E-state index contributed by atoms with van der Waals surface area (Å²) in [6, 6.07) is 0. The molecule has 0 aliphatic carbocycles. The summed E-state index contributed by atoms with van der Waals surface area (Å²) in [5.41, 5.74) is 0. The second kappa shape index (κ2) is 33.4. The van der Waals surface area contributed by atoms with Gasteiger partial charge in [0.25, 0.3) is 0 Å². The summed E-state index contributed by atoms with van der Waals surface area (Å²) in [6.07, 6.45) is 11.3. The van der Waals surface area contributed by atoms with Gasteiger partial charge in [-0.25, -0.2) is 4.18 Å². The largest absolute Gasteiger partial charge is 0.397 e. The fourth-order valence-electron chi connectivity index (χ4n) is 3.58. The molecule has 0 aromatic rings. The van der Waals surface area contributed by atoms with Crippen molar-refractivity contribution >= 4 is 10.4 Å². The quantitative estimate of drug-likeness (QED) is 0.0589. The third-order valence-electron chi connectivity index (χ3n) is 5.78. The number of rotatable bonds is 36. The summed E-state index contributed by atoms with van der Waals surface area (Å²) in [6.45, 7) is 7.97. The van der Waals surface area contributed by atoms with Crippen molar-refractivity contribution in [2.75, 3.05) is 106 Å². The Bertz CT molecular complexity index is 625. The molecule has 0 aliphatic rings. The molecule has 0 aliphatic heterocycles. The summed E-state index contributed by atoms with van der Waals surface area (Å²) in [5.74, 6) is 0. The fourth-order valence-corrected chi connectivity index (χ4v) is 3.85. The molecule has 1 unspecified atom stereocenters. The highest BCUT2D eigenvalue weighted by molar-refractivity contribution is 7.80.